The number of rotatable bonds is 2. The highest BCUT2D eigenvalue weighted by Crippen LogP contribution is 2.30. The second-order valence-electron chi connectivity index (χ2n) is 3.53. The van der Waals surface area contributed by atoms with Gasteiger partial charge in [0.2, 0.25) is 0 Å². The molecule has 0 unspecified atom stereocenters. The van der Waals surface area contributed by atoms with Gasteiger partial charge in [-0.1, -0.05) is 0 Å². The largest absolute Gasteiger partial charge is 0.326 e. The molecular weight excluding hydrogens is 180 g/mol. The molecule has 0 saturated carbocycles. The van der Waals surface area contributed by atoms with E-state index in [2.05, 4.69) is 17.4 Å². The van der Waals surface area contributed by atoms with Crippen LogP contribution < -0.4 is 11.1 Å². The quantitative estimate of drug-likeness (QED) is 0.755. The molecule has 0 radical (unpaired) electrons. The van der Waals surface area contributed by atoms with Crippen molar-refractivity contribution in [3.05, 3.63) is 21.9 Å². The van der Waals surface area contributed by atoms with E-state index in [1.807, 2.05) is 11.3 Å². The molecule has 0 bridgehead atoms. The fourth-order valence-electron chi connectivity index (χ4n) is 1.83. The predicted molar refractivity (Wildman–Crippen MR) is 57.1 cm³/mol. The van der Waals surface area contributed by atoms with Gasteiger partial charge in [-0.3, -0.25) is 0 Å². The lowest BCUT2D eigenvalue weighted by atomic mass is 9.97. The van der Waals surface area contributed by atoms with Gasteiger partial charge in [0.05, 0.1) is 0 Å². The Morgan fingerprint density at radius 1 is 1.38 bits per heavy atom. The Labute approximate surface area is 83.1 Å². The third-order valence-corrected chi connectivity index (χ3v) is 3.90. The van der Waals surface area contributed by atoms with E-state index >= 15 is 0 Å². The van der Waals surface area contributed by atoms with E-state index in [-0.39, 0.29) is 0 Å². The minimum Gasteiger partial charge on any atom is -0.326 e. The minimum absolute atomic E-state index is 0.690. The standard InChI is InChI=1S/C10H16N2S/c11-7-9-1-2-10(13-9)8-3-5-12-6-4-8/h1-2,8,12H,3-7,11H2. The molecule has 3 heteroatoms. The van der Waals surface area contributed by atoms with Crippen molar-refractivity contribution in [1.29, 1.82) is 0 Å². The maximum atomic E-state index is 5.59. The molecule has 1 aromatic rings. The van der Waals surface area contributed by atoms with Crippen molar-refractivity contribution < 1.29 is 0 Å². The van der Waals surface area contributed by atoms with Gasteiger partial charge in [0.25, 0.3) is 0 Å². The van der Waals surface area contributed by atoms with Crippen LogP contribution in [0.5, 0.6) is 0 Å². The zero-order valence-electron chi connectivity index (χ0n) is 7.75. The van der Waals surface area contributed by atoms with Crippen LogP contribution in [0.4, 0.5) is 0 Å². The summed E-state index contributed by atoms with van der Waals surface area (Å²) in [5.74, 6) is 0.784. The monoisotopic (exact) mass is 196 g/mol. The Kier molecular flexibility index (Phi) is 2.98. The van der Waals surface area contributed by atoms with E-state index < -0.39 is 0 Å². The molecule has 2 nitrogen and oxygen atoms in total. The molecule has 2 rings (SSSR count). The number of nitrogens with two attached hydrogens (primary N) is 1. The Balaban J connectivity index is 2.05. The lowest BCUT2D eigenvalue weighted by Crippen LogP contribution is -2.26. The Bertz CT molecular complexity index is 264. The van der Waals surface area contributed by atoms with Gasteiger partial charge in [-0.05, 0) is 44.0 Å². The van der Waals surface area contributed by atoms with Crippen LogP contribution in [0.25, 0.3) is 0 Å². The van der Waals surface area contributed by atoms with Gasteiger partial charge in [0.1, 0.15) is 0 Å². The van der Waals surface area contributed by atoms with Gasteiger partial charge in [0, 0.05) is 16.3 Å². The maximum absolute atomic E-state index is 5.59. The van der Waals surface area contributed by atoms with E-state index in [9.17, 15) is 0 Å². The van der Waals surface area contributed by atoms with Crippen molar-refractivity contribution in [3.8, 4) is 0 Å². The summed E-state index contributed by atoms with van der Waals surface area (Å²) in [7, 11) is 0. The van der Waals surface area contributed by atoms with E-state index in [1.165, 1.54) is 35.7 Å². The van der Waals surface area contributed by atoms with Gasteiger partial charge in [-0.15, -0.1) is 11.3 Å². The number of hydrogen-bond acceptors (Lipinski definition) is 3. The zero-order chi connectivity index (χ0) is 9.10. The summed E-state index contributed by atoms with van der Waals surface area (Å²) in [6.07, 6.45) is 2.56. The Hall–Kier alpha value is -0.380. The van der Waals surface area contributed by atoms with Crippen molar-refractivity contribution in [2.24, 2.45) is 5.73 Å². The van der Waals surface area contributed by atoms with Crippen LogP contribution >= 0.6 is 11.3 Å². The molecular formula is C10H16N2S. The van der Waals surface area contributed by atoms with Crippen molar-refractivity contribution in [3.63, 3.8) is 0 Å². The van der Waals surface area contributed by atoms with Crippen LogP contribution in [-0.4, -0.2) is 13.1 Å². The topological polar surface area (TPSA) is 38.0 Å². The Morgan fingerprint density at radius 3 is 2.77 bits per heavy atom. The van der Waals surface area contributed by atoms with Crippen molar-refractivity contribution >= 4 is 11.3 Å². The van der Waals surface area contributed by atoms with E-state index in [1.54, 1.807) is 0 Å². The number of nitrogens with one attached hydrogen (secondary N) is 1. The summed E-state index contributed by atoms with van der Waals surface area (Å²) in [4.78, 5) is 2.84. The number of hydrogen-bond donors (Lipinski definition) is 2. The van der Waals surface area contributed by atoms with Gasteiger partial charge in [-0.25, -0.2) is 0 Å². The third kappa shape index (κ3) is 2.10. The molecule has 1 aliphatic rings. The van der Waals surface area contributed by atoms with Crippen LogP contribution in [0.3, 0.4) is 0 Å². The smallest absolute Gasteiger partial charge is 0.0273 e. The van der Waals surface area contributed by atoms with Crippen LogP contribution in [0, 0.1) is 0 Å². The summed E-state index contributed by atoms with van der Waals surface area (Å²) < 4.78 is 0. The molecule has 1 saturated heterocycles. The first-order chi connectivity index (χ1) is 6.40. The van der Waals surface area contributed by atoms with Crippen LogP contribution in [0.2, 0.25) is 0 Å². The summed E-state index contributed by atoms with van der Waals surface area (Å²) in [6.45, 7) is 3.02. The molecule has 0 aliphatic carbocycles. The van der Waals surface area contributed by atoms with Crippen molar-refractivity contribution in [2.45, 2.75) is 25.3 Å². The normalized spacial score (nSPS) is 19.2. The first kappa shape index (κ1) is 9.19. The van der Waals surface area contributed by atoms with E-state index in [0.717, 1.165) is 5.92 Å². The van der Waals surface area contributed by atoms with Crippen molar-refractivity contribution in [2.75, 3.05) is 13.1 Å². The highest BCUT2D eigenvalue weighted by molar-refractivity contribution is 7.12. The molecule has 0 spiro atoms. The lowest BCUT2D eigenvalue weighted by Gasteiger charge is -2.21. The maximum Gasteiger partial charge on any atom is 0.0273 e. The van der Waals surface area contributed by atoms with Crippen LogP contribution in [-0.2, 0) is 6.54 Å². The Morgan fingerprint density at radius 2 is 2.15 bits per heavy atom. The van der Waals surface area contributed by atoms with Crippen LogP contribution in [0.1, 0.15) is 28.5 Å². The molecule has 0 amide bonds. The second kappa shape index (κ2) is 4.22. The molecule has 13 heavy (non-hydrogen) atoms. The average molecular weight is 196 g/mol. The summed E-state index contributed by atoms with van der Waals surface area (Å²) in [5.41, 5.74) is 5.59. The molecule has 0 aromatic carbocycles. The molecule has 1 aliphatic heterocycles. The molecule has 0 atom stereocenters. The highest BCUT2D eigenvalue weighted by Gasteiger charge is 2.16. The van der Waals surface area contributed by atoms with Gasteiger partial charge in [-0.2, -0.15) is 0 Å². The lowest BCUT2D eigenvalue weighted by molar-refractivity contribution is 0.465. The molecule has 3 N–H and O–H groups in total. The number of piperidine rings is 1. The minimum atomic E-state index is 0.690. The zero-order valence-corrected chi connectivity index (χ0v) is 8.57. The first-order valence-electron chi connectivity index (χ1n) is 4.89. The fourth-order valence-corrected chi connectivity index (χ4v) is 2.89. The average Bonchev–Trinajstić information content (AvgIpc) is 2.67. The fraction of sp³-hybridized carbons (Fsp3) is 0.600. The molecule has 72 valence electrons. The van der Waals surface area contributed by atoms with Gasteiger partial charge >= 0.3 is 0 Å². The predicted octanol–water partition coefficient (Wildman–Crippen LogP) is 1.67. The van der Waals surface area contributed by atoms with Gasteiger partial charge in [0.15, 0.2) is 0 Å². The van der Waals surface area contributed by atoms with Crippen molar-refractivity contribution in [1.82, 2.24) is 5.32 Å². The summed E-state index contributed by atoms with van der Waals surface area (Å²) in [6, 6.07) is 4.42. The third-order valence-electron chi connectivity index (χ3n) is 2.63. The number of thiophene rings is 1. The first-order valence-corrected chi connectivity index (χ1v) is 5.71. The second-order valence-corrected chi connectivity index (χ2v) is 4.73. The van der Waals surface area contributed by atoms with E-state index in [0.29, 0.717) is 6.54 Å². The summed E-state index contributed by atoms with van der Waals surface area (Å²) >= 11 is 1.89. The van der Waals surface area contributed by atoms with Gasteiger partial charge < -0.3 is 11.1 Å². The summed E-state index contributed by atoms with van der Waals surface area (Å²) in [5, 5.41) is 3.39. The molecule has 1 fully saturated rings. The van der Waals surface area contributed by atoms with E-state index in [4.69, 9.17) is 5.73 Å². The molecule has 1 aromatic heterocycles. The highest BCUT2D eigenvalue weighted by atomic mass is 32.1. The molecule has 2 heterocycles. The van der Waals surface area contributed by atoms with Crippen LogP contribution in [0.15, 0.2) is 12.1 Å². The SMILES string of the molecule is NCc1ccc(C2CCNCC2)s1.